The minimum Gasteiger partial charge on any atom is -0.495 e. The van der Waals surface area contributed by atoms with Gasteiger partial charge in [-0.1, -0.05) is 18.6 Å². The Morgan fingerprint density at radius 2 is 1.86 bits per heavy atom. The first kappa shape index (κ1) is 22.9. The number of nitrogens with two attached hydrogens (primary N) is 1. The normalized spacial score (nSPS) is 17.1. The van der Waals surface area contributed by atoms with Gasteiger partial charge in [-0.25, -0.2) is 0 Å². The molecule has 2 aromatic carbocycles. The van der Waals surface area contributed by atoms with Crippen molar-refractivity contribution in [2.24, 2.45) is 5.73 Å². The molecule has 3 aromatic rings. The number of benzene rings is 2. The standard InChI is InChI=1S/C25H29N7O3/c1-34-20-9-4-3-8-18(20)27-24-22(23(26)33)30-31-25(29-24)28-19-12-16-14-32-10-6-5-7-17(32)11-15(16)13-21(19)35-2/h3-4,8-9,12-13,17H,5-7,10-11,14H2,1-2H3,(H2,26,33)(H2,27,28,29,31). The van der Waals surface area contributed by atoms with E-state index in [0.29, 0.717) is 23.2 Å². The number of para-hydroxylation sites is 2. The van der Waals surface area contributed by atoms with Crippen LogP contribution in [0.5, 0.6) is 11.5 Å². The molecule has 1 atom stereocenters. The van der Waals surface area contributed by atoms with Crippen LogP contribution in [-0.2, 0) is 13.0 Å². The summed E-state index contributed by atoms with van der Waals surface area (Å²) >= 11 is 0. The molecule has 1 aromatic heterocycles. The van der Waals surface area contributed by atoms with Gasteiger partial charge in [0.05, 0.1) is 25.6 Å². The van der Waals surface area contributed by atoms with E-state index in [0.717, 1.165) is 25.2 Å². The topological polar surface area (TPSA) is 128 Å². The molecule has 0 saturated carbocycles. The van der Waals surface area contributed by atoms with Crippen LogP contribution < -0.4 is 25.8 Å². The number of nitrogens with one attached hydrogen (secondary N) is 2. The number of hydrogen-bond acceptors (Lipinski definition) is 9. The van der Waals surface area contributed by atoms with Crippen LogP contribution in [0, 0.1) is 0 Å². The molecule has 182 valence electrons. The Hall–Kier alpha value is -3.92. The van der Waals surface area contributed by atoms with E-state index < -0.39 is 5.91 Å². The van der Waals surface area contributed by atoms with E-state index in [1.54, 1.807) is 26.4 Å². The van der Waals surface area contributed by atoms with Crippen molar-refractivity contribution < 1.29 is 14.3 Å². The van der Waals surface area contributed by atoms with Crippen LogP contribution in [0.4, 0.5) is 23.1 Å². The molecule has 0 spiro atoms. The summed E-state index contributed by atoms with van der Waals surface area (Å²) in [6.07, 6.45) is 4.82. The molecule has 1 amide bonds. The maximum Gasteiger partial charge on any atom is 0.273 e. The number of aromatic nitrogens is 3. The minimum absolute atomic E-state index is 0.0741. The Kier molecular flexibility index (Phi) is 6.37. The lowest BCUT2D eigenvalue weighted by Gasteiger charge is -2.40. The first-order valence-corrected chi connectivity index (χ1v) is 11.7. The van der Waals surface area contributed by atoms with Gasteiger partial charge in [-0.2, -0.15) is 4.98 Å². The Labute approximate surface area is 203 Å². The summed E-state index contributed by atoms with van der Waals surface area (Å²) in [5, 5.41) is 14.4. The number of fused-ring (bicyclic) bond motifs is 2. The Morgan fingerprint density at radius 1 is 1.03 bits per heavy atom. The van der Waals surface area contributed by atoms with Crippen LogP contribution in [0.1, 0.15) is 40.9 Å². The van der Waals surface area contributed by atoms with Crippen molar-refractivity contribution in [3.63, 3.8) is 0 Å². The predicted molar refractivity (Wildman–Crippen MR) is 133 cm³/mol. The van der Waals surface area contributed by atoms with E-state index >= 15 is 0 Å². The number of rotatable bonds is 7. The number of piperidine rings is 1. The van der Waals surface area contributed by atoms with Crippen molar-refractivity contribution in [1.29, 1.82) is 0 Å². The second-order valence-electron chi connectivity index (χ2n) is 8.79. The third kappa shape index (κ3) is 4.69. The molecular weight excluding hydrogens is 446 g/mol. The second kappa shape index (κ2) is 9.75. The van der Waals surface area contributed by atoms with Gasteiger partial charge in [0.15, 0.2) is 11.5 Å². The smallest absolute Gasteiger partial charge is 0.273 e. The lowest BCUT2D eigenvalue weighted by atomic mass is 9.88. The van der Waals surface area contributed by atoms with Crippen molar-refractivity contribution in [1.82, 2.24) is 20.1 Å². The fourth-order valence-electron chi connectivity index (χ4n) is 4.87. The molecule has 0 bridgehead atoms. The van der Waals surface area contributed by atoms with Crippen molar-refractivity contribution in [3.05, 3.63) is 53.2 Å². The zero-order valence-electron chi connectivity index (χ0n) is 19.9. The predicted octanol–water partition coefficient (Wildman–Crippen LogP) is 3.39. The highest BCUT2D eigenvalue weighted by Gasteiger charge is 2.29. The SMILES string of the molecule is COc1cc2c(cc1Nc1nnc(C(N)=O)c(Nc3ccccc3OC)n1)CN1CCCCC1C2. The van der Waals surface area contributed by atoms with Crippen LogP contribution in [0.2, 0.25) is 0 Å². The van der Waals surface area contributed by atoms with E-state index in [9.17, 15) is 4.79 Å². The molecule has 0 aliphatic carbocycles. The molecule has 10 heteroatoms. The van der Waals surface area contributed by atoms with Gasteiger partial charge >= 0.3 is 0 Å². The second-order valence-corrected chi connectivity index (χ2v) is 8.79. The van der Waals surface area contributed by atoms with Gasteiger partial charge in [-0.3, -0.25) is 9.69 Å². The summed E-state index contributed by atoms with van der Waals surface area (Å²) in [7, 11) is 3.21. The number of anilines is 4. The van der Waals surface area contributed by atoms with Crippen molar-refractivity contribution in [2.45, 2.75) is 38.3 Å². The molecule has 4 N–H and O–H groups in total. The molecule has 1 saturated heterocycles. The third-order valence-corrected chi connectivity index (χ3v) is 6.63. The molecular formula is C25H29N7O3. The Morgan fingerprint density at radius 3 is 2.66 bits per heavy atom. The number of carbonyl (C=O) groups excluding carboxylic acids is 1. The van der Waals surface area contributed by atoms with Gasteiger partial charge in [0.1, 0.15) is 11.5 Å². The van der Waals surface area contributed by atoms with E-state index in [1.807, 2.05) is 12.1 Å². The highest BCUT2D eigenvalue weighted by atomic mass is 16.5. The molecule has 5 rings (SSSR count). The van der Waals surface area contributed by atoms with Gasteiger partial charge in [0, 0.05) is 12.6 Å². The summed E-state index contributed by atoms with van der Waals surface area (Å²) in [5.74, 6) is 0.930. The lowest BCUT2D eigenvalue weighted by molar-refractivity contribution is 0.0995. The van der Waals surface area contributed by atoms with Gasteiger partial charge in [-0.05, 0) is 61.2 Å². The van der Waals surface area contributed by atoms with Crippen LogP contribution in [0.3, 0.4) is 0 Å². The Bertz CT molecular complexity index is 1250. The highest BCUT2D eigenvalue weighted by Crippen LogP contribution is 2.37. The van der Waals surface area contributed by atoms with E-state index in [1.165, 1.54) is 30.4 Å². The molecule has 2 aliphatic heterocycles. The number of hydrogen-bond donors (Lipinski definition) is 3. The van der Waals surface area contributed by atoms with E-state index in [-0.39, 0.29) is 17.5 Å². The van der Waals surface area contributed by atoms with Gasteiger partial charge in [0.2, 0.25) is 5.95 Å². The first-order chi connectivity index (χ1) is 17.1. The summed E-state index contributed by atoms with van der Waals surface area (Å²) in [4.78, 5) is 19.0. The van der Waals surface area contributed by atoms with Gasteiger partial charge < -0.3 is 25.8 Å². The number of amides is 1. The quantitative estimate of drug-likeness (QED) is 0.471. The maximum atomic E-state index is 12.0. The van der Waals surface area contributed by atoms with E-state index in [2.05, 4.69) is 42.8 Å². The molecule has 10 nitrogen and oxygen atoms in total. The average molecular weight is 476 g/mol. The highest BCUT2D eigenvalue weighted by molar-refractivity contribution is 5.96. The number of carbonyl (C=O) groups is 1. The van der Waals surface area contributed by atoms with Crippen LogP contribution in [0.25, 0.3) is 0 Å². The summed E-state index contributed by atoms with van der Waals surface area (Å²) < 4.78 is 11.1. The summed E-state index contributed by atoms with van der Waals surface area (Å²) in [6.45, 7) is 2.05. The van der Waals surface area contributed by atoms with Gasteiger partial charge in [-0.15, -0.1) is 10.2 Å². The van der Waals surface area contributed by atoms with E-state index in [4.69, 9.17) is 15.2 Å². The number of ether oxygens (including phenoxy) is 2. The average Bonchev–Trinajstić information content (AvgIpc) is 2.87. The van der Waals surface area contributed by atoms with Crippen LogP contribution >= 0.6 is 0 Å². The molecule has 0 radical (unpaired) electrons. The first-order valence-electron chi connectivity index (χ1n) is 11.7. The van der Waals surface area contributed by atoms with Crippen LogP contribution in [0.15, 0.2) is 36.4 Å². The maximum absolute atomic E-state index is 12.0. The number of primary amides is 1. The minimum atomic E-state index is -0.739. The van der Waals surface area contributed by atoms with Crippen molar-refractivity contribution in [2.75, 3.05) is 31.4 Å². The van der Waals surface area contributed by atoms with Crippen molar-refractivity contribution >= 4 is 29.0 Å². The number of nitrogens with zero attached hydrogens (tertiary/aromatic N) is 4. The fourth-order valence-corrected chi connectivity index (χ4v) is 4.87. The molecule has 1 unspecified atom stereocenters. The zero-order valence-corrected chi connectivity index (χ0v) is 19.9. The molecule has 35 heavy (non-hydrogen) atoms. The summed E-state index contributed by atoms with van der Waals surface area (Å²) in [5.41, 5.74) is 9.38. The molecule has 1 fully saturated rings. The molecule has 2 aliphatic rings. The zero-order chi connectivity index (χ0) is 24.4. The van der Waals surface area contributed by atoms with Gasteiger partial charge in [0.25, 0.3) is 5.91 Å². The number of methoxy groups -OCH3 is 2. The monoisotopic (exact) mass is 475 g/mol. The molecule has 3 heterocycles. The lowest BCUT2D eigenvalue weighted by Crippen LogP contribution is -2.43. The van der Waals surface area contributed by atoms with Crippen LogP contribution in [-0.4, -0.2) is 52.8 Å². The Balaban J connectivity index is 1.46. The fraction of sp³-hybridized carbons (Fsp3) is 0.360. The summed E-state index contributed by atoms with van der Waals surface area (Å²) in [6, 6.07) is 12.1. The largest absolute Gasteiger partial charge is 0.495 e. The van der Waals surface area contributed by atoms with Crippen molar-refractivity contribution in [3.8, 4) is 11.5 Å². The third-order valence-electron chi connectivity index (χ3n) is 6.63.